The minimum Gasteiger partial charge on any atom is -0.494 e. The number of likely N-dealkylation sites (tertiary alicyclic amines) is 1. The first-order valence-corrected chi connectivity index (χ1v) is 13.4. The molecule has 2 fully saturated rings. The van der Waals surface area contributed by atoms with Crippen molar-refractivity contribution in [1.29, 1.82) is 0 Å². The first-order chi connectivity index (χ1) is 15.3. The van der Waals surface area contributed by atoms with Gasteiger partial charge >= 0.3 is 0 Å². The van der Waals surface area contributed by atoms with Crippen molar-refractivity contribution in [3.63, 3.8) is 0 Å². The van der Waals surface area contributed by atoms with Gasteiger partial charge in [0, 0.05) is 29.9 Å². The summed E-state index contributed by atoms with van der Waals surface area (Å²) in [5.74, 6) is 1.52. The third kappa shape index (κ3) is 4.81. The van der Waals surface area contributed by atoms with Gasteiger partial charge in [-0.25, -0.2) is 0 Å². The van der Waals surface area contributed by atoms with Crippen LogP contribution in [0, 0.1) is 0 Å². The maximum atomic E-state index is 6.23. The van der Waals surface area contributed by atoms with E-state index in [0.717, 1.165) is 25.3 Å². The molecule has 0 spiro atoms. The van der Waals surface area contributed by atoms with E-state index in [-0.39, 0.29) is 0 Å². The van der Waals surface area contributed by atoms with Crippen molar-refractivity contribution in [2.24, 2.45) is 0 Å². The molecule has 0 bridgehead atoms. The van der Waals surface area contributed by atoms with E-state index >= 15 is 0 Å². The van der Waals surface area contributed by atoms with Gasteiger partial charge in [0.2, 0.25) is 0 Å². The standard InChI is InChI=1S/C27H36N2OS/c1-31-23-11-8-21(9-12-23)26-20-29-17-5-7-27(29)25-19-22(10-13-24(25)26)30-18-6-16-28-14-3-2-4-15-28/h8-13,19,26-27H,2-7,14-18,20H2,1H3/t26-,27-/m0/s1. The summed E-state index contributed by atoms with van der Waals surface area (Å²) in [5, 5.41) is 0. The molecule has 0 aromatic heterocycles. The molecule has 3 aliphatic heterocycles. The lowest BCUT2D eigenvalue weighted by molar-refractivity contribution is 0.204. The van der Waals surface area contributed by atoms with Crippen molar-refractivity contribution in [2.45, 2.75) is 55.4 Å². The second-order valence-corrected chi connectivity index (χ2v) is 10.3. The molecule has 0 amide bonds. The predicted molar refractivity (Wildman–Crippen MR) is 130 cm³/mol. The minimum atomic E-state index is 0.466. The number of rotatable bonds is 7. The second-order valence-electron chi connectivity index (χ2n) is 9.37. The smallest absolute Gasteiger partial charge is 0.119 e. The van der Waals surface area contributed by atoms with E-state index < -0.39 is 0 Å². The molecule has 0 saturated carbocycles. The molecule has 166 valence electrons. The molecule has 5 rings (SSSR count). The number of benzene rings is 2. The maximum Gasteiger partial charge on any atom is 0.119 e. The van der Waals surface area contributed by atoms with E-state index in [0.29, 0.717) is 12.0 Å². The Balaban J connectivity index is 1.29. The van der Waals surface area contributed by atoms with Crippen molar-refractivity contribution in [3.8, 4) is 5.75 Å². The van der Waals surface area contributed by atoms with Crippen LogP contribution in [0.2, 0.25) is 0 Å². The SMILES string of the molecule is CSc1ccc([C@@H]2CN3CCC[C@H]3c3cc(OCCCN4CCCCC4)ccc32)cc1. The third-order valence-electron chi connectivity index (χ3n) is 7.43. The van der Waals surface area contributed by atoms with Crippen LogP contribution in [0.1, 0.15) is 67.2 Å². The maximum absolute atomic E-state index is 6.23. The Hall–Kier alpha value is -1.49. The summed E-state index contributed by atoms with van der Waals surface area (Å²) in [7, 11) is 0. The Morgan fingerprint density at radius 3 is 2.58 bits per heavy atom. The summed E-state index contributed by atoms with van der Waals surface area (Å²) in [6.07, 6.45) is 10.00. The average Bonchev–Trinajstić information content (AvgIpc) is 3.31. The lowest BCUT2D eigenvalue weighted by atomic mass is 9.81. The highest BCUT2D eigenvalue weighted by atomic mass is 32.2. The van der Waals surface area contributed by atoms with Crippen molar-refractivity contribution < 1.29 is 4.74 Å². The van der Waals surface area contributed by atoms with Crippen LogP contribution in [-0.4, -0.2) is 55.4 Å². The van der Waals surface area contributed by atoms with Gasteiger partial charge < -0.3 is 9.64 Å². The Morgan fingerprint density at radius 2 is 1.77 bits per heavy atom. The molecule has 31 heavy (non-hydrogen) atoms. The zero-order valence-electron chi connectivity index (χ0n) is 18.9. The highest BCUT2D eigenvalue weighted by Gasteiger charge is 2.36. The Labute approximate surface area is 192 Å². The number of thioether (sulfide) groups is 1. The molecule has 3 nitrogen and oxygen atoms in total. The van der Waals surface area contributed by atoms with Crippen LogP contribution >= 0.6 is 11.8 Å². The molecule has 0 radical (unpaired) electrons. The highest BCUT2D eigenvalue weighted by Crippen LogP contribution is 2.45. The zero-order valence-corrected chi connectivity index (χ0v) is 19.7. The Bertz CT molecular complexity index is 862. The van der Waals surface area contributed by atoms with Crippen LogP contribution in [0.25, 0.3) is 0 Å². The monoisotopic (exact) mass is 436 g/mol. The molecular formula is C27H36N2OS. The van der Waals surface area contributed by atoms with Gasteiger partial charge in [0.25, 0.3) is 0 Å². The van der Waals surface area contributed by atoms with Crippen LogP contribution in [-0.2, 0) is 0 Å². The Kier molecular flexibility index (Phi) is 6.87. The van der Waals surface area contributed by atoms with Gasteiger partial charge in [-0.2, -0.15) is 0 Å². The van der Waals surface area contributed by atoms with E-state index in [1.807, 2.05) is 11.8 Å². The summed E-state index contributed by atoms with van der Waals surface area (Å²) in [4.78, 5) is 6.64. The summed E-state index contributed by atoms with van der Waals surface area (Å²) in [6.45, 7) is 6.92. The van der Waals surface area contributed by atoms with Gasteiger partial charge in [0.1, 0.15) is 5.75 Å². The van der Waals surface area contributed by atoms with Crippen LogP contribution < -0.4 is 4.74 Å². The predicted octanol–water partition coefficient (Wildman–Crippen LogP) is 5.95. The molecule has 3 aliphatic rings. The zero-order chi connectivity index (χ0) is 21.0. The van der Waals surface area contributed by atoms with Crippen LogP contribution in [0.5, 0.6) is 5.75 Å². The summed E-state index contributed by atoms with van der Waals surface area (Å²) in [5.41, 5.74) is 4.47. The normalized spacial score (nSPS) is 24.0. The molecule has 2 aromatic carbocycles. The van der Waals surface area contributed by atoms with Gasteiger partial charge in [-0.05, 0) is 98.9 Å². The lowest BCUT2D eigenvalue weighted by Gasteiger charge is -2.37. The van der Waals surface area contributed by atoms with Gasteiger partial charge in [-0.3, -0.25) is 4.90 Å². The van der Waals surface area contributed by atoms with E-state index in [9.17, 15) is 0 Å². The van der Waals surface area contributed by atoms with Gasteiger partial charge in [-0.1, -0.05) is 24.6 Å². The van der Waals surface area contributed by atoms with Crippen molar-refractivity contribution in [1.82, 2.24) is 9.80 Å². The molecule has 4 heteroatoms. The number of hydrogen-bond donors (Lipinski definition) is 0. The lowest BCUT2D eigenvalue weighted by Crippen LogP contribution is -2.34. The third-order valence-corrected chi connectivity index (χ3v) is 8.17. The first kappa shape index (κ1) is 21.4. The van der Waals surface area contributed by atoms with Crippen molar-refractivity contribution in [3.05, 3.63) is 59.2 Å². The van der Waals surface area contributed by atoms with E-state index in [1.165, 1.54) is 79.9 Å². The minimum absolute atomic E-state index is 0.466. The van der Waals surface area contributed by atoms with Crippen molar-refractivity contribution in [2.75, 3.05) is 45.6 Å². The average molecular weight is 437 g/mol. The Morgan fingerprint density at radius 1 is 0.935 bits per heavy atom. The number of hydrogen-bond acceptors (Lipinski definition) is 4. The topological polar surface area (TPSA) is 15.7 Å². The van der Waals surface area contributed by atoms with Gasteiger partial charge in [-0.15, -0.1) is 11.8 Å². The fourth-order valence-electron chi connectivity index (χ4n) is 5.76. The van der Waals surface area contributed by atoms with Crippen LogP contribution in [0.3, 0.4) is 0 Å². The number of fused-ring (bicyclic) bond motifs is 3. The summed E-state index contributed by atoms with van der Waals surface area (Å²) in [6, 6.07) is 16.7. The molecule has 3 heterocycles. The molecule has 2 saturated heterocycles. The number of ether oxygens (including phenoxy) is 1. The van der Waals surface area contributed by atoms with Gasteiger partial charge in [0.15, 0.2) is 0 Å². The molecule has 0 unspecified atom stereocenters. The molecule has 2 atom stereocenters. The van der Waals surface area contributed by atoms with E-state index in [1.54, 1.807) is 0 Å². The summed E-state index contributed by atoms with van der Waals surface area (Å²) < 4.78 is 6.23. The van der Waals surface area contributed by atoms with Crippen molar-refractivity contribution >= 4 is 11.8 Å². The molecule has 2 aromatic rings. The summed E-state index contributed by atoms with van der Waals surface area (Å²) >= 11 is 1.82. The number of piperidine rings is 1. The fourth-order valence-corrected chi connectivity index (χ4v) is 6.17. The quantitative estimate of drug-likeness (QED) is 0.394. The van der Waals surface area contributed by atoms with Gasteiger partial charge in [0.05, 0.1) is 6.61 Å². The molecule has 0 aliphatic carbocycles. The molecular weight excluding hydrogens is 400 g/mol. The first-order valence-electron chi connectivity index (χ1n) is 12.2. The molecule has 0 N–H and O–H groups in total. The van der Waals surface area contributed by atoms with E-state index in [4.69, 9.17) is 4.74 Å². The van der Waals surface area contributed by atoms with Crippen LogP contribution in [0.15, 0.2) is 47.4 Å². The van der Waals surface area contributed by atoms with Crippen LogP contribution in [0.4, 0.5) is 0 Å². The fraction of sp³-hybridized carbons (Fsp3) is 0.556. The largest absolute Gasteiger partial charge is 0.494 e. The van der Waals surface area contributed by atoms with E-state index in [2.05, 4.69) is 58.5 Å². The second kappa shape index (κ2) is 9.97. The highest BCUT2D eigenvalue weighted by molar-refractivity contribution is 7.98. The number of nitrogens with zero attached hydrogens (tertiary/aromatic N) is 2.